The molecule has 104 valence electrons. The van der Waals surface area contributed by atoms with Crippen molar-refractivity contribution in [3.8, 4) is 0 Å². The first-order chi connectivity index (χ1) is 9.11. The molecule has 1 aromatic rings. The van der Waals surface area contributed by atoms with Crippen molar-refractivity contribution in [2.24, 2.45) is 5.92 Å². The summed E-state index contributed by atoms with van der Waals surface area (Å²) in [7, 11) is 0. The van der Waals surface area contributed by atoms with Gasteiger partial charge in [0.25, 0.3) is 5.91 Å². The van der Waals surface area contributed by atoms with Crippen molar-refractivity contribution in [2.75, 3.05) is 6.61 Å². The molecular weight excluding hydrogens is 313 g/mol. The summed E-state index contributed by atoms with van der Waals surface area (Å²) in [6, 6.07) is 4.23. The van der Waals surface area contributed by atoms with E-state index >= 15 is 0 Å². The zero-order chi connectivity index (χ0) is 13.8. The lowest BCUT2D eigenvalue weighted by Crippen LogP contribution is -2.43. The Bertz CT molecular complexity index is 467. The lowest BCUT2D eigenvalue weighted by Gasteiger charge is -2.30. The first kappa shape index (κ1) is 14.5. The Labute approximate surface area is 120 Å². The molecular formula is C14H17BrFNO2. The molecule has 0 spiro atoms. The summed E-state index contributed by atoms with van der Waals surface area (Å²) < 4.78 is 14.3. The van der Waals surface area contributed by atoms with Crippen LogP contribution in [0.1, 0.15) is 36.0 Å². The maximum atomic E-state index is 13.6. The number of aliphatic hydroxyl groups excluding tert-OH is 1. The van der Waals surface area contributed by atoms with E-state index in [1.54, 1.807) is 6.07 Å². The van der Waals surface area contributed by atoms with Gasteiger partial charge in [0, 0.05) is 23.0 Å². The second-order valence-corrected chi connectivity index (χ2v) is 5.85. The van der Waals surface area contributed by atoms with Crippen molar-refractivity contribution in [2.45, 2.75) is 31.7 Å². The minimum Gasteiger partial charge on any atom is -0.396 e. The number of rotatable bonds is 3. The lowest BCUT2D eigenvalue weighted by molar-refractivity contribution is 0.0868. The zero-order valence-corrected chi connectivity index (χ0v) is 12.1. The molecule has 2 rings (SSSR count). The number of halogens is 2. The summed E-state index contributed by atoms with van der Waals surface area (Å²) in [4.78, 5) is 12.1. The molecule has 0 heterocycles. The summed E-state index contributed by atoms with van der Waals surface area (Å²) in [5.74, 6) is -0.867. The fraction of sp³-hybridized carbons (Fsp3) is 0.500. The molecule has 2 atom stereocenters. The van der Waals surface area contributed by atoms with Crippen LogP contribution in [0.4, 0.5) is 4.39 Å². The monoisotopic (exact) mass is 329 g/mol. The minimum atomic E-state index is -0.531. The molecule has 1 aliphatic carbocycles. The van der Waals surface area contributed by atoms with Crippen LogP contribution >= 0.6 is 15.9 Å². The molecule has 1 saturated carbocycles. The SMILES string of the molecule is O=C(NC1CCCCC1CO)c1cc(Br)ccc1F. The molecule has 3 nitrogen and oxygen atoms in total. The molecule has 1 fully saturated rings. The second kappa shape index (κ2) is 6.48. The van der Waals surface area contributed by atoms with E-state index in [0.29, 0.717) is 4.47 Å². The van der Waals surface area contributed by atoms with Crippen LogP contribution in [-0.4, -0.2) is 23.7 Å². The zero-order valence-electron chi connectivity index (χ0n) is 10.5. The van der Waals surface area contributed by atoms with E-state index in [1.807, 2.05) is 0 Å². The highest BCUT2D eigenvalue weighted by Gasteiger charge is 2.26. The normalized spacial score (nSPS) is 23.1. The van der Waals surface area contributed by atoms with Gasteiger partial charge >= 0.3 is 0 Å². The summed E-state index contributed by atoms with van der Waals surface area (Å²) >= 11 is 3.23. The summed E-state index contributed by atoms with van der Waals surface area (Å²) in [5.41, 5.74) is 0.0386. The van der Waals surface area contributed by atoms with Crippen LogP contribution in [0.15, 0.2) is 22.7 Å². The van der Waals surface area contributed by atoms with Crippen molar-refractivity contribution >= 4 is 21.8 Å². The molecule has 5 heteroatoms. The van der Waals surface area contributed by atoms with Gasteiger partial charge in [0.15, 0.2) is 0 Å². The van der Waals surface area contributed by atoms with Crippen LogP contribution < -0.4 is 5.32 Å². The standard InChI is InChI=1S/C14H17BrFNO2/c15-10-5-6-12(16)11(7-10)14(19)17-13-4-2-1-3-9(13)8-18/h5-7,9,13,18H,1-4,8H2,(H,17,19). The Hall–Kier alpha value is -0.940. The van der Waals surface area contributed by atoms with Crippen LogP contribution in [0.2, 0.25) is 0 Å². The van der Waals surface area contributed by atoms with Crippen LogP contribution in [0.5, 0.6) is 0 Å². The maximum absolute atomic E-state index is 13.6. The number of hydrogen-bond acceptors (Lipinski definition) is 2. The Morgan fingerprint density at radius 1 is 1.42 bits per heavy atom. The third-order valence-corrected chi connectivity index (χ3v) is 4.13. The first-order valence-electron chi connectivity index (χ1n) is 6.48. The molecule has 1 aromatic carbocycles. The van der Waals surface area contributed by atoms with Gasteiger partial charge in [-0.1, -0.05) is 28.8 Å². The predicted molar refractivity (Wildman–Crippen MR) is 74.4 cm³/mol. The molecule has 0 saturated heterocycles. The van der Waals surface area contributed by atoms with E-state index < -0.39 is 11.7 Å². The quantitative estimate of drug-likeness (QED) is 0.895. The molecule has 0 aliphatic heterocycles. The number of hydrogen-bond donors (Lipinski definition) is 2. The minimum absolute atomic E-state index is 0.0386. The van der Waals surface area contributed by atoms with Gasteiger partial charge in [-0.05, 0) is 31.0 Å². The fourth-order valence-electron chi connectivity index (χ4n) is 2.53. The molecule has 1 amide bonds. The highest BCUT2D eigenvalue weighted by Crippen LogP contribution is 2.24. The van der Waals surface area contributed by atoms with Gasteiger partial charge < -0.3 is 10.4 Å². The Kier molecular flexibility index (Phi) is 4.93. The Morgan fingerprint density at radius 2 is 2.16 bits per heavy atom. The Morgan fingerprint density at radius 3 is 2.89 bits per heavy atom. The molecule has 2 N–H and O–H groups in total. The third kappa shape index (κ3) is 3.54. The summed E-state index contributed by atoms with van der Waals surface area (Å²) in [6.45, 7) is 0.0614. The van der Waals surface area contributed by atoms with E-state index in [-0.39, 0.29) is 24.1 Å². The van der Waals surface area contributed by atoms with Crippen LogP contribution in [0, 0.1) is 11.7 Å². The maximum Gasteiger partial charge on any atom is 0.254 e. The molecule has 0 aromatic heterocycles. The number of aliphatic hydroxyl groups is 1. The van der Waals surface area contributed by atoms with Crippen molar-refractivity contribution in [1.82, 2.24) is 5.32 Å². The van der Waals surface area contributed by atoms with E-state index in [4.69, 9.17) is 0 Å². The van der Waals surface area contributed by atoms with Gasteiger partial charge in [0.05, 0.1) is 5.56 Å². The molecule has 2 unspecified atom stereocenters. The fourth-order valence-corrected chi connectivity index (χ4v) is 2.89. The van der Waals surface area contributed by atoms with Crippen LogP contribution in [0.3, 0.4) is 0 Å². The van der Waals surface area contributed by atoms with Crippen molar-refractivity contribution in [3.63, 3.8) is 0 Å². The van der Waals surface area contributed by atoms with Crippen LogP contribution in [0.25, 0.3) is 0 Å². The predicted octanol–water partition coefficient (Wildman–Crippen LogP) is 2.87. The molecule has 1 aliphatic rings. The molecule has 19 heavy (non-hydrogen) atoms. The van der Waals surface area contributed by atoms with Gasteiger partial charge in [-0.2, -0.15) is 0 Å². The topological polar surface area (TPSA) is 49.3 Å². The largest absolute Gasteiger partial charge is 0.396 e. The molecule has 0 bridgehead atoms. The van der Waals surface area contributed by atoms with E-state index in [0.717, 1.165) is 25.7 Å². The first-order valence-corrected chi connectivity index (χ1v) is 7.28. The van der Waals surface area contributed by atoms with Gasteiger partial charge in [-0.3, -0.25) is 4.79 Å². The highest BCUT2D eigenvalue weighted by atomic mass is 79.9. The summed E-state index contributed by atoms with van der Waals surface area (Å²) in [6.07, 6.45) is 3.85. The molecule has 0 radical (unpaired) electrons. The second-order valence-electron chi connectivity index (χ2n) is 4.93. The average molecular weight is 330 g/mol. The number of benzene rings is 1. The van der Waals surface area contributed by atoms with Gasteiger partial charge in [-0.15, -0.1) is 0 Å². The number of carbonyl (C=O) groups excluding carboxylic acids is 1. The lowest BCUT2D eigenvalue weighted by atomic mass is 9.85. The highest BCUT2D eigenvalue weighted by molar-refractivity contribution is 9.10. The van der Waals surface area contributed by atoms with E-state index in [2.05, 4.69) is 21.2 Å². The number of carbonyl (C=O) groups is 1. The smallest absolute Gasteiger partial charge is 0.254 e. The third-order valence-electron chi connectivity index (χ3n) is 3.63. The van der Waals surface area contributed by atoms with Crippen molar-refractivity contribution in [3.05, 3.63) is 34.1 Å². The van der Waals surface area contributed by atoms with Crippen molar-refractivity contribution < 1.29 is 14.3 Å². The van der Waals surface area contributed by atoms with E-state index in [9.17, 15) is 14.3 Å². The number of nitrogens with one attached hydrogen (secondary N) is 1. The summed E-state index contributed by atoms with van der Waals surface area (Å²) in [5, 5.41) is 12.2. The number of amides is 1. The van der Waals surface area contributed by atoms with Crippen molar-refractivity contribution in [1.29, 1.82) is 0 Å². The van der Waals surface area contributed by atoms with E-state index in [1.165, 1.54) is 12.1 Å². The Balaban J connectivity index is 2.09. The van der Waals surface area contributed by atoms with Crippen LogP contribution in [-0.2, 0) is 0 Å². The van der Waals surface area contributed by atoms with Gasteiger partial charge in [0.2, 0.25) is 0 Å². The average Bonchev–Trinajstić information content (AvgIpc) is 2.42. The van der Waals surface area contributed by atoms with Gasteiger partial charge in [-0.25, -0.2) is 4.39 Å². The van der Waals surface area contributed by atoms with Gasteiger partial charge in [0.1, 0.15) is 5.82 Å².